The van der Waals surface area contributed by atoms with Crippen LogP contribution < -0.4 is 10.6 Å². The van der Waals surface area contributed by atoms with Crippen molar-refractivity contribution in [3.05, 3.63) is 36.0 Å². The fourth-order valence-corrected chi connectivity index (χ4v) is 2.74. The van der Waals surface area contributed by atoms with E-state index >= 15 is 0 Å². The van der Waals surface area contributed by atoms with Gasteiger partial charge in [-0.3, -0.25) is 4.79 Å². The van der Waals surface area contributed by atoms with Crippen molar-refractivity contribution in [2.75, 3.05) is 11.9 Å². The van der Waals surface area contributed by atoms with E-state index < -0.39 is 0 Å². The number of amides is 1. The van der Waals surface area contributed by atoms with E-state index in [0.29, 0.717) is 17.7 Å². The Labute approximate surface area is 125 Å². The summed E-state index contributed by atoms with van der Waals surface area (Å²) in [5, 5.41) is 8.41. The van der Waals surface area contributed by atoms with Gasteiger partial charge in [-0.15, -0.1) is 0 Å². The minimum Gasteiger partial charge on any atom is -0.370 e. The zero-order valence-corrected chi connectivity index (χ0v) is 12.5. The number of anilines is 1. The monoisotopic (exact) mass is 283 g/mol. The van der Waals surface area contributed by atoms with Crippen molar-refractivity contribution in [1.82, 2.24) is 10.3 Å². The molecule has 0 bridgehead atoms. The van der Waals surface area contributed by atoms with Crippen molar-refractivity contribution >= 4 is 22.5 Å². The summed E-state index contributed by atoms with van der Waals surface area (Å²) in [5.41, 5.74) is 0.492. The zero-order chi connectivity index (χ0) is 14.8. The van der Waals surface area contributed by atoms with Gasteiger partial charge in [0.15, 0.2) is 0 Å². The van der Waals surface area contributed by atoms with Crippen LogP contribution in [0.15, 0.2) is 30.3 Å². The fraction of sp³-hybridized carbons (Fsp3) is 0.412. The minimum absolute atomic E-state index is 0.0687. The summed E-state index contributed by atoms with van der Waals surface area (Å²) >= 11 is 0. The van der Waals surface area contributed by atoms with E-state index in [4.69, 9.17) is 0 Å². The van der Waals surface area contributed by atoms with Crippen molar-refractivity contribution < 1.29 is 4.79 Å². The molecule has 0 saturated heterocycles. The van der Waals surface area contributed by atoms with Gasteiger partial charge in [-0.2, -0.15) is 0 Å². The van der Waals surface area contributed by atoms with Gasteiger partial charge in [-0.05, 0) is 30.7 Å². The van der Waals surface area contributed by atoms with Crippen LogP contribution in [0, 0.1) is 5.92 Å². The van der Waals surface area contributed by atoms with E-state index in [0.717, 1.165) is 36.0 Å². The molecular weight excluding hydrogens is 262 g/mol. The number of nitrogens with zero attached hydrogens (tertiary/aromatic N) is 1. The largest absolute Gasteiger partial charge is 0.370 e. The molecule has 3 rings (SSSR count). The summed E-state index contributed by atoms with van der Waals surface area (Å²) in [5.74, 6) is 1.35. The van der Waals surface area contributed by atoms with Gasteiger partial charge in [-0.25, -0.2) is 4.98 Å². The lowest BCUT2D eigenvalue weighted by atomic mass is 10.1. The smallest absolute Gasteiger partial charge is 0.270 e. The van der Waals surface area contributed by atoms with Crippen LogP contribution in [0.3, 0.4) is 0 Å². The van der Waals surface area contributed by atoms with Crippen LogP contribution in [0.25, 0.3) is 10.8 Å². The van der Waals surface area contributed by atoms with Gasteiger partial charge in [0.2, 0.25) is 0 Å². The highest BCUT2D eigenvalue weighted by Crippen LogP contribution is 2.33. The summed E-state index contributed by atoms with van der Waals surface area (Å²) in [4.78, 5) is 16.9. The summed E-state index contributed by atoms with van der Waals surface area (Å²) in [6.45, 7) is 4.97. The number of rotatable bonds is 5. The average molecular weight is 283 g/mol. The number of carbonyl (C=O) groups excluding carboxylic acids is 1. The molecule has 2 atom stereocenters. The molecule has 1 aliphatic carbocycles. The van der Waals surface area contributed by atoms with Crippen LogP contribution >= 0.6 is 0 Å². The molecule has 1 aliphatic rings. The van der Waals surface area contributed by atoms with Crippen LogP contribution in [0.5, 0.6) is 0 Å². The molecule has 4 heteroatoms. The SMILES string of the molecule is CCNc1nc(C(=O)NC2CC2CC)cc2ccccc12. The van der Waals surface area contributed by atoms with Crippen molar-refractivity contribution in [3.8, 4) is 0 Å². The maximum Gasteiger partial charge on any atom is 0.270 e. The predicted octanol–water partition coefficient (Wildman–Crippen LogP) is 3.19. The molecular formula is C17H21N3O. The molecule has 0 spiro atoms. The first kappa shape index (κ1) is 13.9. The highest BCUT2D eigenvalue weighted by atomic mass is 16.2. The van der Waals surface area contributed by atoms with Crippen molar-refractivity contribution in [2.24, 2.45) is 5.92 Å². The summed E-state index contributed by atoms with van der Waals surface area (Å²) in [6.07, 6.45) is 2.22. The second-order valence-electron chi connectivity index (χ2n) is 5.59. The standard InChI is InChI=1S/C17H21N3O/c1-3-11-9-14(11)20-17(21)15-10-12-7-5-6-8-13(12)16(19-15)18-4-2/h5-8,10-11,14H,3-4,9H2,1-2H3,(H,18,19)(H,20,21). The first-order valence-electron chi connectivity index (χ1n) is 7.67. The topological polar surface area (TPSA) is 54.0 Å². The van der Waals surface area contributed by atoms with Crippen LogP contribution in [0.2, 0.25) is 0 Å². The first-order valence-corrected chi connectivity index (χ1v) is 7.67. The Morgan fingerprint density at radius 3 is 2.86 bits per heavy atom. The molecule has 21 heavy (non-hydrogen) atoms. The number of fused-ring (bicyclic) bond motifs is 1. The van der Waals surface area contributed by atoms with E-state index in [1.165, 1.54) is 0 Å². The van der Waals surface area contributed by atoms with Gasteiger partial charge in [0.25, 0.3) is 5.91 Å². The number of aromatic nitrogens is 1. The molecule has 1 heterocycles. The molecule has 0 radical (unpaired) electrons. The number of pyridine rings is 1. The third-order valence-electron chi connectivity index (χ3n) is 4.08. The average Bonchev–Trinajstić information content (AvgIpc) is 3.25. The van der Waals surface area contributed by atoms with Crippen LogP contribution in [-0.2, 0) is 0 Å². The van der Waals surface area contributed by atoms with Crippen molar-refractivity contribution in [1.29, 1.82) is 0 Å². The second-order valence-corrected chi connectivity index (χ2v) is 5.59. The molecule has 1 saturated carbocycles. The van der Waals surface area contributed by atoms with Gasteiger partial charge < -0.3 is 10.6 Å². The number of hydrogen-bond acceptors (Lipinski definition) is 3. The minimum atomic E-state index is -0.0687. The van der Waals surface area contributed by atoms with E-state index in [-0.39, 0.29) is 5.91 Å². The highest BCUT2D eigenvalue weighted by Gasteiger charge is 2.36. The van der Waals surface area contributed by atoms with Gasteiger partial charge >= 0.3 is 0 Å². The maximum atomic E-state index is 12.4. The van der Waals surface area contributed by atoms with E-state index in [9.17, 15) is 4.79 Å². The molecule has 1 amide bonds. The molecule has 1 aromatic heterocycles. The third-order valence-corrected chi connectivity index (χ3v) is 4.08. The number of nitrogens with one attached hydrogen (secondary N) is 2. The summed E-state index contributed by atoms with van der Waals surface area (Å²) in [6, 6.07) is 10.2. The highest BCUT2D eigenvalue weighted by molar-refractivity contribution is 6.00. The van der Waals surface area contributed by atoms with Gasteiger partial charge in [0.1, 0.15) is 11.5 Å². The van der Waals surface area contributed by atoms with Gasteiger partial charge in [0.05, 0.1) is 0 Å². The van der Waals surface area contributed by atoms with Gasteiger partial charge in [-0.1, -0.05) is 37.6 Å². The lowest BCUT2D eigenvalue weighted by molar-refractivity contribution is 0.0944. The Bertz CT molecular complexity index is 668. The number of benzene rings is 1. The Kier molecular flexibility index (Phi) is 3.78. The van der Waals surface area contributed by atoms with E-state index in [1.54, 1.807) is 0 Å². The molecule has 2 N–H and O–H groups in total. The molecule has 1 fully saturated rings. The quantitative estimate of drug-likeness (QED) is 0.886. The zero-order valence-electron chi connectivity index (χ0n) is 12.5. The molecule has 2 unspecified atom stereocenters. The lowest BCUT2D eigenvalue weighted by Gasteiger charge is -2.10. The molecule has 1 aromatic carbocycles. The third kappa shape index (κ3) is 2.84. The first-order chi connectivity index (χ1) is 10.2. The van der Waals surface area contributed by atoms with Crippen molar-refractivity contribution in [2.45, 2.75) is 32.7 Å². The maximum absolute atomic E-state index is 12.4. The van der Waals surface area contributed by atoms with E-state index in [1.807, 2.05) is 37.3 Å². The number of carbonyl (C=O) groups is 1. The molecule has 2 aromatic rings. The normalized spacial score (nSPS) is 20.3. The van der Waals surface area contributed by atoms with E-state index in [2.05, 4.69) is 22.5 Å². The molecule has 0 aliphatic heterocycles. The fourth-order valence-electron chi connectivity index (χ4n) is 2.74. The van der Waals surface area contributed by atoms with Crippen LogP contribution in [-0.4, -0.2) is 23.5 Å². The lowest BCUT2D eigenvalue weighted by Crippen LogP contribution is -2.27. The Hall–Kier alpha value is -2.10. The van der Waals surface area contributed by atoms with Crippen LogP contribution in [0.1, 0.15) is 37.2 Å². The second kappa shape index (κ2) is 5.72. The predicted molar refractivity (Wildman–Crippen MR) is 85.6 cm³/mol. The molecule has 110 valence electrons. The summed E-state index contributed by atoms with van der Waals surface area (Å²) in [7, 11) is 0. The van der Waals surface area contributed by atoms with Gasteiger partial charge in [0, 0.05) is 18.0 Å². The van der Waals surface area contributed by atoms with Crippen molar-refractivity contribution in [3.63, 3.8) is 0 Å². The summed E-state index contributed by atoms with van der Waals surface area (Å²) < 4.78 is 0. The Morgan fingerprint density at radius 2 is 2.14 bits per heavy atom. The Morgan fingerprint density at radius 1 is 1.33 bits per heavy atom. The number of hydrogen-bond donors (Lipinski definition) is 2. The molecule has 4 nitrogen and oxygen atoms in total. The van der Waals surface area contributed by atoms with Crippen LogP contribution in [0.4, 0.5) is 5.82 Å². The Balaban J connectivity index is 1.89.